The van der Waals surface area contributed by atoms with Gasteiger partial charge in [0, 0.05) is 0 Å². The Morgan fingerprint density at radius 2 is 1.76 bits per heavy atom. The molecule has 6 heteroatoms. The zero-order valence-corrected chi connectivity index (χ0v) is 9.99. The van der Waals surface area contributed by atoms with Gasteiger partial charge in [0.1, 0.15) is 25.5 Å². The number of aromatic nitrogens is 2. The van der Waals surface area contributed by atoms with Crippen molar-refractivity contribution in [3.63, 3.8) is 0 Å². The average molecular weight is 245 g/mol. The lowest BCUT2D eigenvalue weighted by Gasteiger charge is -2.03. The number of imidazole rings is 1. The highest BCUT2D eigenvalue weighted by Crippen LogP contribution is 1.86. The van der Waals surface area contributed by atoms with E-state index in [1.165, 1.54) is 0 Å². The van der Waals surface area contributed by atoms with E-state index in [-0.39, 0.29) is 13.2 Å². The molecule has 0 aliphatic rings. The molecule has 98 valence electrons. The number of hydrogen-bond acceptors (Lipinski definition) is 4. The normalized spacial score (nSPS) is 10.9. The molecule has 0 spiro atoms. The van der Waals surface area contributed by atoms with Crippen LogP contribution in [-0.4, -0.2) is 54.4 Å². The zero-order chi connectivity index (χ0) is 12.3. The molecule has 2 N–H and O–H groups in total. The van der Waals surface area contributed by atoms with Gasteiger partial charge in [0.05, 0.1) is 39.6 Å². The maximum absolute atomic E-state index is 8.76. The Kier molecular flexibility index (Phi) is 7.57. The third-order valence-electron chi connectivity index (χ3n) is 2.21. The highest BCUT2D eigenvalue weighted by molar-refractivity contribution is 4.65. The number of aliphatic hydroxyl groups is 2. The van der Waals surface area contributed by atoms with Crippen molar-refractivity contribution in [3.8, 4) is 0 Å². The van der Waals surface area contributed by atoms with E-state index in [0.717, 1.165) is 6.54 Å². The van der Waals surface area contributed by atoms with E-state index < -0.39 is 0 Å². The SMILES string of the molecule is OCCOCCOCCn1cc[n+](CCO)c1. The maximum Gasteiger partial charge on any atom is 0.243 e. The van der Waals surface area contributed by atoms with Crippen molar-refractivity contribution in [2.45, 2.75) is 13.1 Å². The van der Waals surface area contributed by atoms with Crippen LogP contribution in [0.3, 0.4) is 0 Å². The van der Waals surface area contributed by atoms with Gasteiger partial charge in [-0.25, -0.2) is 9.13 Å². The van der Waals surface area contributed by atoms with Crippen molar-refractivity contribution in [2.24, 2.45) is 0 Å². The van der Waals surface area contributed by atoms with Crippen LogP contribution < -0.4 is 4.57 Å². The van der Waals surface area contributed by atoms with Crippen molar-refractivity contribution in [2.75, 3.05) is 39.6 Å². The summed E-state index contributed by atoms with van der Waals surface area (Å²) in [6.45, 7) is 3.62. The summed E-state index contributed by atoms with van der Waals surface area (Å²) < 4.78 is 14.3. The topological polar surface area (TPSA) is 67.7 Å². The molecule has 0 saturated carbocycles. The van der Waals surface area contributed by atoms with Gasteiger partial charge in [-0.05, 0) is 0 Å². The first kappa shape index (κ1) is 14.1. The van der Waals surface area contributed by atoms with Gasteiger partial charge in [0.2, 0.25) is 6.33 Å². The van der Waals surface area contributed by atoms with Crippen LogP contribution in [0.25, 0.3) is 0 Å². The Morgan fingerprint density at radius 1 is 1.00 bits per heavy atom. The highest BCUT2D eigenvalue weighted by atomic mass is 16.5. The van der Waals surface area contributed by atoms with Crippen LogP contribution in [0, 0.1) is 0 Å². The minimum Gasteiger partial charge on any atom is -0.394 e. The molecule has 0 saturated heterocycles. The molecule has 1 aromatic rings. The fourth-order valence-electron chi connectivity index (χ4n) is 1.38. The number of nitrogens with zero attached hydrogens (tertiary/aromatic N) is 2. The molecule has 0 fully saturated rings. The molecule has 0 atom stereocenters. The predicted octanol–water partition coefficient (Wildman–Crippen LogP) is -1.21. The van der Waals surface area contributed by atoms with Crippen molar-refractivity contribution in [3.05, 3.63) is 18.7 Å². The molecule has 1 aromatic heterocycles. The van der Waals surface area contributed by atoms with Gasteiger partial charge >= 0.3 is 0 Å². The Hall–Kier alpha value is -0.950. The molecule has 0 aromatic carbocycles. The van der Waals surface area contributed by atoms with Crippen LogP contribution in [0.15, 0.2) is 18.7 Å². The lowest BCUT2D eigenvalue weighted by atomic mass is 10.6. The number of aliphatic hydroxyl groups excluding tert-OH is 2. The fraction of sp³-hybridized carbons (Fsp3) is 0.727. The van der Waals surface area contributed by atoms with E-state index in [9.17, 15) is 0 Å². The van der Waals surface area contributed by atoms with E-state index in [0.29, 0.717) is 33.0 Å². The molecule has 1 rings (SSSR count). The van der Waals surface area contributed by atoms with Crippen molar-refractivity contribution in [1.82, 2.24) is 4.57 Å². The second kappa shape index (κ2) is 9.12. The molecule has 17 heavy (non-hydrogen) atoms. The second-order valence-electron chi connectivity index (χ2n) is 3.56. The van der Waals surface area contributed by atoms with Crippen LogP contribution in [-0.2, 0) is 22.6 Å². The van der Waals surface area contributed by atoms with Crippen molar-refractivity contribution < 1.29 is 24.3 Å². The summed E-state index contributed by atoms with van der Waals surface area (Å²) in [6, 6.07) is 0. The smallest absolute Gasteiger partial charge is 0.243 e. The van der Waals surface area contributed by atoms with Gasteiger partial charge in [-0.2, -0.15) is 0 Å². The zero-order valence-electron chi connectivity index (χ0n) is 9.99. The summed E-state index contributed by atoms with van der Waals surface area (Å²) in [5, 5.41) is 17.2. The van der Waals surface area contributed by atoms with Crippen molar-refractivity contribution in [1.29, 1.82) is 0 Å². The molecule has 0 bridgehead atoms. The summed E-state index contributed by atoms with van der Waals surface area (Å²) in [5.74, 6) is 0. The summed E-state index contributed by atoms with van der Waals surface area (Å²) >= 11 is 0. The van der Waals surface area contributed by atoms with Crippen LogP contribution in [0.5, 0.6) is 0 Å². The monoisotopic (exact) mass is 245 g/mol. The van der Waals surface area contributed by atoms with Gasteiger partial charge in [0.25, 0.3) is 0 Å². The van der Waals surface area contributed by atoms with E-state index in [4.69, 9.17) is 19.7 Å². The van der Waals surface area contributed by atoms with Crippen LogP contribution in [0.1, 0.15) is 0 Å². The van der Waals surface area contributed by atoms with E-state index >= 15 is 0 Å². The first-order valence-electron chi connectivity index (χ1n) is 5.79. The predicted molar refractivity (Wildman–Crippen MR) is 60.4 cm³/mol. The molecule has 1 heterocycles. The van der Waals surface area contributed by atoms with Gasteiger partial charge < -0.3 is 19.7 Å². The quantitative estimate of drug-likeness (QED) is 0.401. The van der Waals surface area contributed by atoms with Gasteiger partial charge in [-0.3, -0.25) is 0 Å². The molecular formula is C11H21N2O4+. The molecule has 0 aliphatic carbocycles. The lowest BCUT2D eigenvalue weighted by Crippen LogP contribution is -2.32. The minimum atomic E-state index is 0.0498. The molecule has 0 unspecified atom stereocenters. The summed E-state index contributed by atoms with van der Waals surface area (Å²) in [4.78, 5) is 0. The summed E-state index contributed by atoms with van der Waals surface area (Å²) in [5.41, 5.74) is 0. The first-order valence-corrected chi connectivity index (χ1v) is 5.79. The summed E-state index contributed by atoms with van der Waals surface area (Å²) in [7, 11) is 0. The molecular weight excluding hydrogens is 224 g/mol. The number of rotatable bonds is 10. The molecule has 0 amide bonds. The first-order chi connectivity index (χ1) is 8.36. The third kappa shape index (κ3) is 6.38. The van der Waals surface area contributed by atoms with Gasteiger partial charge in [0.15, 0.2) is 0 Å². The maximum atomic E-state index is 8.76. The van der Waals surface area contributed by atoms with Crippen molar-refractivity contribution >= 4 is 0 Å². The third-order valence-corrected chi connectivity index (χ3v) is 2.21. The number of hydrogen-bond donors (Lipinski definition) is 2. The Bertz CT molecular complexity index is 291. The molecule has 0 aliphatic heterocycles. The Balaban J connectivity index is 2.01. The van der Waals surface area contributed by atoms with E-state index in [1.54, 1.807) is 0 Å². The standard InChI is InChI=1S/C11H21N2O4/c14-5-3-12-1-2-13(11-12)4-7-16-9-10-17-8-6-15/h1-2,11,14-15H,3-10H2/q+1. The Labute approximate surface area is 101 Å². The molecule has 0 radical (unpaired) electrons. The Morgan fingerprint density at radius 3 is 2.47 bits per heavy atom. The largest absolute Gasteiger partial charge is 0.394 e. The minimum absolute atomic E-state index is 0.0498. The van der Waals surface area contributed by atoms with Gasteiger partial charge in [-0.15, -0.1) is 0 Å². The lowest BCUT2D eigenvalue weighted by molar-refractivity contribution is -0.697. The molecule has 6 nitrogen and oxygen atoms in total. The summed E-state index contributed by atoms with van der Waals surface area (Å²) in [6.07, 6.45) is 5.80. The van der Waals surface area contributed by atoms with Crippen LogP contribution >= 0.6 is 0 Å². The van der Waals surface area contributed by atoms with E-state index in [1.807, 2.05) is 27.9 Å². The highest BCUT2D eigenvalue weighted by Gasteiger charge is 2.02. The van der Waals surface area contributed by atoms with E-state index in [2.05, 4.69) is 0 Å². The average Bonchev–Trinajstić information content (AvgIpc) is 2.76. The van der Waals surface area contributed by atoms with Crippen LogP contribution in [0.4, 0.5) is 0 Å². The van der Waals surface area contributed by atoms with Gasteiger partial charge in [-0.1, -0.05) is 0 Å². The number of ether oxygens (including phenoxy) is 2. The fourth-order valence-corrected chi connectivity index (χ4v) is 1.38. The second-order valence-corrected chi connectivity index (χ2v) is 3.56. The van der Waals surface area contributed by atoms with Crippen LogP contribution in [0.2, 0.25) is 0 Å².